The van der Waals surface area contributed by atoms with Gasteiger partial charge in [0.25, 0.3) is 5.91 Å². The maximum Gasteiger partial charge on any atom is 0.487 e. The number of carbonyl (C=O) groups excluding carboxylic acids is 1. The normalized spacial score (nSPS) is 11.3. The number of aryl methyl sites for hydroxylation is 1. The molecule has 0 saturated heterocycles. The number of halogens is 4. The Kier molecular flexibility index (Phi) is 5.43. The number of aromatic nitrogens is 3. The van der Waals surface area contributed by atoms with E-state index in [2.05, 4.69) is 36.1 Å². The first-order valence-corrected chi connectivity index (χ1v) is 8.74. The van der Waals surface area contributed by atoms with Crippen LogP contribution in [0.1, 0.15) is 16.1 Å². The Morgan fingerprint density at radius 3 is 2.56 bits per heavy atom. The van der Waals surface area contributed by atoms with Gasteiger partial charge in [0.1, 0.15) is 5.75 Å². The molecular weight excluding hydrogens is 446 g/mol. The van der Waals surface area contributed by atoms with Crippen LogP contribution < -0.4 is 10.1 Å². The standard InChI is InChI=1S/C17H12BrClF2N4O2/c1-10-6-7-25(24-10)15-14(18)8-11(9-22-15)16(26)23-12-2-4-13(5-3-12)27-17(19,20)21/h2-9H,1H3,(H,23,26). The molecule has 27 heavy (non-hydrogen) atoms. The maximum atomic E-state index is 12.6. The summed E-state index contributed by atoms with van der Waals surface area (Å²) < 4.78 is 31.6. The summed E-state index contributed by atoms with van der Waals surface area (Å²) in [4.78, 5) is 16.6. The number of hydrogen-bond acceptors (Lipinski definition) is 4. The number of benzene rings is 1. The lowest BCUT2D eigenvalue weighted by Gasteiger charge is -2.11. The van der Waals surface area contributed by atoms with Gasteiger partial charge >= 0.3 is 5.57 Å². The average molecular weight is 458 g/mol. The van der Waals surface area contributed by atoms with Crippen LogP contribution in [0.25, 0.3) is 5.82 Å². The highest BCUT2D eigenvalue weighted by Gasteiger charge is 2.27. The van der Waals surface area contributed by atoms with Gasteiger partial charge in [0.2, 0.25) is 0 Å². The molecule has 2 aromatic heterocycles. The van der Waals surface area contributed by atoms with Gasteiger partial charge in [0.15, 0.2) is 5.82 Å². The van der Waals surface area contributed by atoms with Crippen molar-refractivity contribution in [1.82, 2.24) is 14.8 Å². The second kappa shape index (κ2) is 7.61. The molecule has 0 aliphatic rings. The zero-order valence-electron chi connectivity index (χ0n) is 13.8. The molecule has 0 aliphatic heterocycles. The van der Waals surface area contributed by atoms with Crippen molar-refractivity contribution >= 4 is 39.1 Å². The number of nitrogens with one attached hydrogen (secondary N) is 1. The quantitative estimate of drug-likeness (QED) is 0.561. The van der Waals surface area contributed by atoms with Crippen molar-refractivity contribution in [3.05, 3.63) is 64.5 Å². The molecule has 140 valence electrons. The number of pyridine rings is 1. The zero-order valence-corrected chi connectivity index (χ0v) is 16.1. The van der Waals surface area contributed by atoms with Crippen LogP contribution in [0.2, 0.25) is 0 Å². The highest BCUT2D eigenvalue weighted by molar-refractivity contribution is 9.10. The van der Waals surface area contributed by atoms with Crippen LogP contribution in [0.15, 0.2) is 53.3 Å². The largest absolute Gasteiger partial charge is 0.487 e. The van der Waals surface area contributed by atoms with E-state index in [1.54, 1.807) is 16.9 Å². The molecular formula is C17H12BrClF2N4O2. The summed E-state index contributed by atoms with van der Waals surface area (Å²) in [7, 11) is 0. The summed E-state index contributed by atoms with van der Waals surface area (Å²) >= 11 is 8.08. The van der Waals surface area contributed by atoms with Gasteiger partial charge in [-0.05, 0) is 59.3 Å². The highest BCUT2D eigenvalue weighted by atomic mass is 79.9. The fourth-order valence-corrected chi connectivity index (χ4v) is 2.82. The molecule has 2 heterocycles. The third-order valence-electron chi connectivity index (χ3n) is 3.37. The Morgan fingerprint density at radius 2 is 2.00 bits per heavy atom. The molecule has 10 heteroatoms. The van der Waals surface area contributed by atoms with Gasteiger partial charge in [0.05, 0.1) is 15.7 Å². The second-order valence-corrected chi connectivity index (χ2v) is 6.75. The van der Waals surface area contributed by atoms with Crippen molar-refractivity contribution in [2.75, 3.05) is 5.32 Å². The molecule has 0 bridgehead atoms. The monoisotopic (exact) mass is 456 g/mol. The lowest BCUT2D eigenvalue weighted by Crippen LogP contribution is -2.16. The number of alkyl halides is 3. The van der Waals surface area contributed by atoms with Gasteiger partial charge < -0.3 is 10.1 Å². The van der Waals surface area contributed by atoms with E-state index in [4.69, 9.17) is 11.6 Å². The fraction of sp³-hybridized carbons (Fsp3) is 0.118. The number of hydrogen-bond donors (Lipinski definition) is 1. The van der Waals surface area contributed by atoms with E-state index in [1.807, 2.05) is 13.0 Å². The van der Waals surface area contributed by atoms with E-state index in [9.17, 15) is 13.6 Å². The van der Waals surface area contributed by atoms with E-state index in [1.165, 1.54) is 30.5 Å². The molecule has 3 rings (SSSR count). The SMILES string of the molecule is Cc1ccn(-c2ncc(C(=O)Nc3ccc(OC(F)(F)Cl)cc3)cc2Br)n1. The fourth-order valence-electron chi connectivity index (χ4n) is 2.20. The van der Waals surface area contributed by atoms with Crippen LogP contribution in [0.3, 0.4) is 0 Å². The molecule has 1 N–H and O–H groups in total. The Balaban J connectivity index is 1.72. The summed E-state index contributed by atoms with van der Waals surface area (Å²) in [6.07, 6.45) is 3.17. The van der Waals surface area contributed by atoms with Crippen LogP contribution >= 0.6 is 27.5 Å². The van der Waals surface area contributed by atoms with Crippen LogP contribution in [0.4, 0.5) is 14.5 Å². The lowest BCUT2D eigenvalue weighted by atomic mass is 10.2. The molecule has 1 aromatic carbocycles. The Bertz CT molecular complexity index is 974. The van der Waals surface area contributed by atoms with Crippen molar-refractivity contribution in [1.29, 1.82) is 0 Å². The summed E-state index contributed by atoms with van der Waals surface area (Å²) in [5.74, 6) is 0.00201. The smallest absolute Gasteiger partial charge is 0.420 e. The molecule has 0 spiro atoms. The van der Waals surface area contributed by atoms with Gasteiger partial charge in [-0.15, -0.1) is 8.78 Å². The number of anilines is 1. The molecule has 0 saturated carbocycles. The number of carbonyl (C=O) groups is 1. The Hall–Kier alpha value is -2.52. The van der Waals surface area contributed by atoms with E-state index >= 15 is 0 Å². The van der Waals surface area contributed by atoms with E-state index in [-0.39, 0.29) is 5.75 Å². The lowest BCUT2D eigenvalue weighted by molar-refractivity contribution is -0.0964. The number of nitrogens with zero attached hydrogens (tertiary/aromatic N) is 3. The van der Waals surface area contributed by atoms with Crippen molar-refractivity contribution in [3.8, 4) is 11.6 Å². The second-order valence-electron chi connectivity index (χ2n) is 5.46. The Morgan fingerprint density at radius 1 is 1.30 bits per heavy atom. The molecule has 0 aliphatic carbocycles. The van der Waals surface area contributed by atoms with Crippen molar-refractivity contribution in [2.24, 2.45) is 0 Å². The summed E-state index contributed by atoms with van der Waals surface area (Å²) in [5, 5.41) is 6.91. The summed E-state index contributed by atoms with van der Waals surface area (Å²) in [5.41, 5.74) is -2.25. The third-order valence-corrected chi connectivity index (χ3v) is 4.03. The minimum Gasteiger partial charge on any atom is -0.420 e. The van der Waals surface area contributed by atoms with Crippen molar-refractivity contribution < 1.29 is 18.3 Å². The van der Waals surface area contributed by atoms with Crippen LogP contribution in [-0.2, 0) is 0 Å². The predicted molar refractivity (Wildman–Crippen MR) is 99.6 cm³/mol. The van der Waals surface area contributed by atoms with Gasteiger partial charge in [-0.1, -0.05) is 0 Å². The molecule has 0 unspecified atom stereocenters. The van der Waals surface area contributed by atoms with Crippen molar-refractivity contribution in [2.45, 2.75) is 12.5 Å². The minimum atomic E-state index is -3.79. The van der Waals surface area contributed by atoms with Crippen LogP contribution in [0.5, 0.6) is 5.75 Å². The van der Waals surface area contributed by atoms with Gasteiger partial charge in [-0.2, -0.15) is 5.10 Å². The molecule has 0 fully saturated rings. The van der Waals surface area contributed by atoms with E-state index in [0.717, 1.165) is 5.69 Å². The first-order chi connectivity index (χ1) is 12.7. The highest BCUT2D eigenvalue weighted by Crippen LogP contribution is 2.26. The summed E-state index contributed by atoms with van der Waals surface area (Å²) in [6, 6.07) is 8.81. The number of ether oxygens (including phenoxy) is 1. The predicted octanol–water partition coefficient (Wildman–Crippen LogP) is 4.76. The molecule has 6 nitrogen and oxygen atoms in total. The van der Waals surface area contributed by atoms with Gasteiger partial charge in [-0.3, -0.25) is 4.79 Å². The van der Waals surface area contributed by atoms with Crippen LogP contribution in [0, 0.1) is 6.92 Å². The number of amides is 1. The minimum absolute atomic E-state index is 0.128. The van der Waals surface area contributed by atoms with Crippen LogP contribution in [-0.4, -0.2) is 26.2 Å². The molecule has 0 radical (unpaired) electrons. The first-order valence-electron chi connectivity index (χ1n) is 7.56. The molecule has 0 atom stereocenters. The molecule has 1 amide bonds. The Labute approximate surface area is 166 Å². The maximum absolute atomic E-state index is 12.6. The van der Waals surface area contributed by atoms with E-state index in [0.29, 0.717) is 21.5 Å². The zero-order chi connectivity index (χ0) is 19.6. The number of rotatable bonds is 5. The first kappa shape index (κ1) is 19.2. The molecule has 3 aromatic rings. The van der Waals surface area contributed by atoms with E-state index < -0.39 is 11.5 Å². The average Bonchev–Trinajstić information content (AvgIpc) is 3.01. The summed E-state index contributed by atoms with van der Waals surface area (Å²) in [6.45, 7) is 1.86. The van der Waals surface area contributed by atoms with Gasteiger partial charge in [-0.25, -0.2) is 9.67 Å². The third kappa shape index (κ3) is 5.01. The van der Waals surface area contributed by atoms with Gasteiger partial charge in [0, 0.05) is 29.7 Å². The topological polar surface area (TPSA) is 69.0 Å². The van der Waals surface area contributed by atoms with Crippen molar-refractivity contribution in [3.63, 3.8) is 0 Å².